The van der Waals surface area contributed by atoms with Gasteiger partial charge in [-0.15, -0.1) is 0 Å². The Morgan fingerprint density at radius 2 is 2.07 bits per heavy atom. The van der Waals surface area contributed by atoms with Crippen molar-refractivity contribution in [3.8, 4) is 0 Å². The first kappa shape index (κ1) is 12.4. The second-order valence-corrected chi connectivity index (χ2v) is 4.54. The summed E-state index contributed by atoms with van der Waals surface area (Å²) < 4.78 is 0. The Kier molecular flexibility index (Phi) is 4.98. The number of rotatable bonds is 5. The molecule has 1 aliphatic heterocycles. The molecule has 1 fully saturated rings. The topological polar surface area (TPSA) is 49.6 Å². The van der Waals surface area contributed by atoms with Crippen LogP contribution in [0.25, 0.3) is 0 Å². The van der Waals surface area contributed by atoms with Gasteiger partial charge in [0.1, 0.15) is 0 Å². The summed E-state index contributed by atoms with van der Waals surface area (Å²) in [5.74, 6) is 0.160. The SMILES string of the molecule is CN(CCC(N)=S)C(=O)CN1CCCC1. The lowest BCUT2D eigenvalue weighted by molar-refractivity contribution is -0.130. The number of carbonyl (C=O) groups is 1. The first-order valence-electron chi connectivity index (χ1n) is 5.34. The summed E-state index contributed by atoms with van der Waals surface area (Å²) in [7, 11) is 1.80. The van der Waals surface area contributed by atoms with Crippen LogP contribution in [-0.2, 0) is 4.79 Å². The van der Waals surface area contributed by atoms with Crippen LogP contribution in [0.2, 0.25) is 0 Å². The van der Waals surface area contributed by atoms with E-state index in [9.17, 15) is 4.79 Å². The van der Waals surface area contributed by atoms with E-state index < -0.39 is 0 Å². The van der Waals surface area contributed by atoms with Crippen molar-refractivity contribution in [2.24, 2.45) is 5.73 Å². The third-order valence-electron chi connectivity index (χ3n) is 2.68. The van der Waals surface area contributed by atoms with Crippen molar-refractivity contribution in [3.05, 3.63) is 0 Å². The molecule has 1 rings (SSSR count). The first-order valence-corrected chi connectivity index (χ1v) is 5.75. The molecule has 4 nitrogen and oxygen atoms in total. The molecule has 2 N–H and O–H groups in total. The third-order valence-corrected chi connectivity index (χ3v) is 2.88. The zero-order chi connectivity index (χ0) is 11.3. The summed E-state index contributed by atoms with van der Waals surface area (Å²) in [5.41, 5.74) is 5.39. The molecule has 0 aromatic carbocycles. The van der Waals surface area contributed by atoms with E-state index in [2.05, 4.69) is 4.90 Å². The van der Waals surface area contributed by atoms with Crippen LogP contribution in [0.15, 0.2) is 0 Å². The van der Waals surface area contributed by atoms with Gasteiger partial charge in [-0.2, -0.15) is 0 Å². The van der Waals surface area contributed by atoms with Gasteiger partial charge in [0, 0.05) is 20.0 Å². The van der Waals surface area contributed by atoms with Crippen LogP contribution >= 0.6 is 12.2 Å². The Morgan fingerprint density at radius 1 is 1.47 bits per heavy atom. The predicted octanol–water partition coefficient (Wildman–Crippen LogP) is 0.217. The molecule has 15 heavy (non-hydrogen) atoms. The van der Waals surface area contributed by atoms with Gasteiger partial charge in [-0.25, -0.2) is 0 Å². The minimum Gasteiger partial charge on any atom is -0.393 e. The molecule has 1 saturated heterocycles. The standard InChI is InChI=1S/C10H19N3OS/c1-12(7-4-9(11)15)10(14)8-13-5-2-3-6-13/h2-8H2,1H3,(H2,11,15). The maximum Gasteiger partial charge on any atom is 0.236 e. The van der Waals surface area contributed by atoms with E-state index in [0.29, 0.717) is 24.5 Å². The molecule has 0 aromatic rings. The van der Waals surface area contributed by atoms with E-state index in [0.717, 1.165) is 13.1 Å². The Labute approximate surface area is 96.4 Å². The number of hydrogen-bond donors (Lipinski definition) is 1. The van der Waals surface area contributed by atoms with Gasteiger partial charge in [0.2, 0.25) is 5.91 Å². The average molecular weight is 229 g/mol. The van der Waals surface area contributed by atoms with Crippen LogP contribution in [0.1, 0.15) is 19.3 Å². The third kappa shape index (κ3) is 4.57. The average Bonchev–Trinajstić information content (AvgIpc) is 2.66. The summed E-state index contributed by atoms with van der Waals surface area (Å²) in [6.07, 6.45) is 3.03. The fourth-order valence-electron chi connectivity index (χ4n) is 1.66. The molecule has 0 unspecified atom stereocenters. The minimum atomic E-state index is 0.160. The number of carbonyl (C=O) groups excluding carboxylic acids is 1. The van der Waals surface area contributed by atoms with Gasteiger partial charge in [-0.05, 0) is 25.9 Å². The summed E-state index contributed by atoms with van der Waals surface area (Å²) in [5, 5.41) is 0. The van der Waals surface area contributed by atoms with Crippen molar-refractivity contribution in [1.82, 2.24) is 9.80 Å². The fourth-order valence-corrected chi connectivity index (χ4v) is 1.75. The lowest BCUT2D eigenvalue weighted by atomic mass is 10.3. The predicted molar refractivity (Wildman–Crippen MR) is 64.7 cm³/mol. The molecular formula is C10H19N3OS. The van der Waals surface area contributed by atoms with Gasteiger partial charge < -0.3 is 10.6 Å². The number of likely N-dealkylation sites (tertiary alicyclic amines) is 1. The zero-order valence-corrected chi connectivity index (χ0v) is 10.1. The van der Waals surface area contributed by atoms with Crippen molar-refractivity contribution in [2.45, 2.75) is 19.3 Å². The highest BCUT2D eigenvalue weighted by molar-refractivity contribution is 7.80. The van der Waals surface area contributed by atoms with Gasteiger partial charge >= 0.3 is 0 Å². The number of nitrogens with two attached hydrogens (primary N) is 1. The van der Waals surface area contributed by atoms with Crippen molar-refractivity contribution in [1.29, 1.82) is 0 Å². The molecule has 1 heterocycles. The highest BCUT2D eigenvalue weighted by Gasteiger charge is 2.17. The second kappa shape index (κ2) is 6.02. The lowest BCUT2D eigenvalue weighted by Gasteiger charge is -2.20. The normalized spacial score (nSPS) is 16.6. The quantitative estimate of drug-likeness (QED) is 0.685. The van der Waals surface area contributed by atoms with Crippen LogP contribution < -0.4 is 5.73 Å². The number of nitrogens with zero attached hydrogens (tertiary/aromatic N) is 2. The fraction of sp³-hybridized carbons (Fsp3) is 0.800. The molecule has 0 spiro atoms. The highest BCUT2D eigenvalue weighted by Crippen LogP contribution is 2.07. The number of hydrogen-bond acceptors (Lipinski definition) is 3. The van der Waals surface area contributed by atoms with Crippen molar-refractivity contribution in [2.75, 3.05) is 33.2 Å². The molecule has 1 amide bonds. The maximum absolute atomic E-state index is 11.7. The van der Waals surface area contributed by atoms with E-state index in [-0.39, 0.29) is 5.91 Å². The zero-order valence-electron chi connectivity index (χ0n) is 9.24. The smallest absolute Gasteiger partial charge is 0.236 e. The van der Waals surface area contributed by atoms with Gasteiger partial charge in [-0.1, -0.05) is 12.2 Å². The number of thiocarbonyl (C=S) groups is 1. The second-order valence-electron chi connectivity index (χ2n) is 4.01. The van der Waals surface area contributed by atoms with Crippen molar-refractivity contribution < 1.29 is 4.79 Å². The Balaban J connectivity index is 2.22. The van der Waals surface area contributed by atoms with Crippen LogP contribution in [0, 0.1) is 0 Å². The van der Waals surface area contributed by atoms with Crippen LogP contribution in [0.5, 0.6) is 0 Å². The van der Waals surface area contributed by atoms with E-state index in [1.54, 1.807) is 11.9 Å². The monoisotopic (exact) mass is 229 g/mol. The summed E-state index contributed by atoms with van der Waals surface area (Å²) in [6.45, 7) is 3.26. The molecule has 0 radical (unpaired) electrons. The van der Waals surface area contributed by atoms with E-state index in [4.69, 9.17) is 18.0 Å². The van der Waals surface area contributed by atoms with Gasteiger partial charge in [0.25, 0.3) is 0 Å². The van der Waals surface area contributed by atoms with Crippen molar-refractivity contribution in [3.63, 3.8) is 0 Å². The van der Waals surface area contributed by atoms with Crippen LogP contribution in [-0.4, -0.2) is 53.9 Å². The summed E-state index contributed by atoms with van der Waals surface area (Å²) in [4.78, 5) is 16.1. The maximum atomic E-state index is 11.7. The minimum absolute atomic E-state index is 0.160. The summed E-state index contributed by atoms with van der Waals surface area (Å²) >= 11 is 4.77. The Bertz CT molecular complexity index is 239. The molecule has 86 valence electrons. The van der Waals surface area contributed by atoms with E-state index in [1.165, 1.54) is 12.8 Å². The molecular weight excluding hydrogens is 210 g/mol. The van der Waals surface area contributed by atoms with Crippen molar-refractivity contribution >= 4 is 23.1 Å². The Hall–Kier alpha value is -0.680. The van der Waals surface area contributed by atoms with Gasteiger partial charge in [0.05, 0.1) is 11.5 Å². The highest BCUT2D eigenvalue weighted by atomic mass is 32.1. The molecule has 0 aliphatic carbocycles. The van der Waals surface area contributed by atoms with Gasteiger partial charge in [0.15, 0.2) is 0 Å². The first-order chi connectivity index (χ1) is 7.09. The summed E-state index contributed by atoms with van der Waals surface area (Å²) in [6, 6.07) is 0. The number of likely N-dealkylation sites (N-methyl/N-ethyl adjacent to an activating group) is 1. The largest absolute Gasteiger partial charge is 0.393 e. The van der Waals surface area contributed by atoms with Crippen LogP contribution in [0.4, 0.5) is 0 Å². The molecule has 5 heteroatoms. The Morgan fingerprint density at radius 3 is 2.60 bits per heavy atom. The lowest BCUT2D eigenvalue weighted by Crippen LogP contribution is -2.38. The molecule has 1 aliphatic rings. The van der Waals surface area contributed by atoms with E-state index >= 15 is 0 Å². The number of amides is 1. The molecule has 0 atom stereocenters. The van der Waals surface area contributed by atoms with Gasteiger partial charge in [-0.3, -0.25) is 9.69 Å². The molecule has 0 aromatic heterocycles. The van der Waals surface area contributed by atoms with Crippen LogP contribution in [0.3, 0.4) is 0 Å². The van der Waals surface area contributed by atoms with E-state index in [1.807, 2.05) is 0 Å². The molecule has 0 bridgehead atoms. The molecule has 0 saturated carbocycles.